The number of aryl methyl sites for hydroxylation is 1. The van der Waals surface area contributed by atoms with Crippen LogP contribution in [-0.2, 0) is 11.3 Å². The Labute approximate surface area is 150 Å². The highest BCUT2D eigenvalue weighted by molar-refractivity contribution is 7.16. The van der Waals surface area contributed by atoms with Crippen molar-refractivity contribution in [1.29, 1.82) is 0 Å². The number of H-pyrrole nitrogens is 1. The van der Waals surface area contributed by atoms with Gasteiger partial charge in [0, 0.05) is 17.1 Å². The van der Waals surface area contributed by atoms with Crippen molar-refractivity contribution in [3.63, 3.8) is 0 Å². The molecule has 0 unspecified atom stereocenters. The van der Waals surface area contributed by atoms with Gasteiger partial charge in [-0.25, -0.2) is 4.79 Å². The molecule has 2 rings (SSSR count). The quantitative estimate of drug-likeness (QED) is 0.778. The third kappa shape index (κ3) is 3.82. The summed E-state index contributed by atoms with van der Waals surface area (Å²) in [7, 11) is 0. The Bertz CT molecular complexity index is 751. The maximum absolute atomic E-state index is 12.9. The summed E-state index contributed by atoms with van der Waals surface area (Å²) in [5, 5.41) is 0. The van der Waals surface area contributed by atoms with Crippen LogP contribution < -0.4 is 0 Å². The van der Waals surface area contributed by atoms with Gasteiger partial charge in [0.25, 0.3) is 5.91 Å². The largest absolute Gasteiger partial charge is 0.462 e. The first-order chi connectivity index (χ1) is 11.4. The number of amides is 1. The smallest absolute Gasteiger partial charge is 0.340 e. The zero-order valence-electron chi connectivity index (χ0n) is 14.2. The molecule has 24 heavy (non-hydrogen) atoms. The van der Waals surface area contributed by atoms with Gasteiger partial charge in [-0.1, -0.05) is 11.6 Å². The number of halogens is 1. The SMILES string of the molecule is CCOC(=O)c1c(C)[nH]c(C(=O)N(CC)Cc2ccc(Cl)s2)c1C. The van der Waals surface area contributed by atoms with Crippen LogP contribution in [-0.4, -0.2) is 34.9 Å². The van der Waals surface area contributed by atoms with Gasteiger partial charge in [0.15, 0.2) is 0 Å². The highest BCUT2D eigenvalue weighted by Gasteiger charge is 2.25. The van der Waals surface area contributed by atoms with E-state index in [1.807, 2.05) is 19.1 Å². The minimum absolute atomic E-state index is 0.141. The summed E-state index contributed by atoms with van der Waals surface area (Å²) in [6.45, 7) is 8.55. The number of aromatic nitrogens is 1. The van der Waals surface area contributed by atoms with Crippen molar-refractivity contribution in [2.45, 2.75) is 34.2 Å². The number of nitrogens with zero attached hydrogens (tertiary/aromatic N) is 1. The van der Waals surface area contributed by atoms with E-state index in [2.05, 4.69) is 4.98 Å². The molecule has 1 N–H and O–H groups in total. The van der Waals surface area contributed by atoms with E-state index in [4.69, 9.17) is 16.3 Å². The fraction of sp³-hybridized carbons (Fsp3) is 0.412. The molecule has 0 saturated carbocycles. The zero-order valence-corrected chi connectivity index (χ0v) is 15.8. The van der Waals surface area contributed by atoms with Gasteiger partial charge in [-0.05, 0) is 45.4 Å². The number of aromatic amines is 1. The minimum Gasteiger partial charge on any atom is -0.462 e. The molecular weight excluding hydrogens is 348 g/mol. The average molecular weight is 369 g/mol. The molecule has 130 valence electrons. The summed E-state index contributed by atoms with van der Waals surface area (Å²) in [6, 6.07) is 3.74. The van der Waals surface area contributed by atoms with Crippen LogP contribution in [0.2, 0.25) is 4.34 Å². The maximum atomic E-state index is 12.9. The molecule has 1 amide bonds. The van der Waals surface area contributed by atoms with Crippen molar-refractivity contribution in [1.82, 2.24) is 9.88 Å². The number of nitrogens with one attached hydrogen (secondary N) is 1. The molecule has 2 aromatic heterocycles. The number of ether oxygens (including phenoxy) is 1. The fourth-order valence-electron chi connectivity index (χ4n) is 2.58. The molecule has 0 aromatic carbocycles. The van der Waals surface area contributed by atoms with E-state index in [0.717, 1.165) is 4.88 Å². The Hall–Kier alpha value is -1.79. The van der Waals surface area contributed by atoms with Gasteiger partial charge in [-0.15, -0.1) is 11.3 Å². The van der Waals surface area contributed by atoms with Crippen molar-refractivity contribution in [2.24, 2.45) is 0 Å². The average Bonchev–Trinajstić information content (AvgIpc) is 3.07. The van der Waals surface area contributed by atoms with Crippen molar-refractivity contribution < 1.29 is 14.3 Å². The van der Waals surface area contributed by atoms with Crippen LogP contribution in [0.15, 0.2) is 12.1 Å². The summed E-state index contributed by atoms with van der Waals surface area (Å²) in [5.74, 6) is -0.547. The van der Waals surface area contributed by atoms with Crippen LogP contribution >= 0.6 is 22.9 Å². The van der Waals surface area contributed by atoms with Crippen LogP contribution in [0.25, 0.3) is 0 Å². The number of hydrogen-bond acceptors (Lipinski definition) is 4. The second-order valence-corrected chi connectivity index (χ2v) is 7.17. The monoisotopic (exact) mass is 368 g/mol. The van der Waals surface area contributed by atoms with Crippen LogP contribution in [0.5, 0.6) is 0 Å². The van der Waals surface area contributed by atoms with Crippen molar-refractivity contribution in [3.05, 3.63) is 43.9 Å². The topological polar surface area (TPSA) is 62.4 Å². The molecule has 2 heterocycles. The molecular formula is C17H21ClN2O3S. The Morgan fingerprint density at radius 1 is 1.29 bits per heavy atom. The first-order valence-electron chi connectivity index (χ1n) is 7.78. The van der Waals surface area contributed by atoms with Crippen molar-refractivity contribution in [2.75, 3.05) is 13.2 Å². The normalized spacial score (nSPS) is 10.7. The van der Waals surface area contributed by atoms with Crippen LogP contribution in [0, 0.1) is 13.8 Å². The number of esters is 1. The first kappa shape index (κ1) is 18.5. The lowest BCUT2D eigenvalue weighted by Crippen LogP contribution is -2.30. The number of hydrogen-bond donors (Lipinski definition) is 1. The third-order valence-electron chi connectivity index (χ3n) is 3.78. The summed E-state index contributed by atoms with van der Waals surface area (Å²) < 4.78 is 5.77. The first-order valence-corrected chi connectivity index (χ1v) is 8.98. The van der Waals surface area contributed by atoms with Crippen molar-refractivity contribution >= 4 is 34.8 Å². The second-order valence-electron chi connectivity index (χ2n) is 5.37. The number of carbonyl (C=O) groups is 2. The zero-order chi connectivity index (χ0) is 17.9. The lowest BCUT2D eigenvalue weighted by molar-refractivity contribution is 0.0525. The Balaban J connectivity index is 2.27. The van der Waals surface area contributed by atoms with Crippen LogP contribution in [0.1, 0.15) is 50.8 Å². The fourth-order valence-corrected chi connectivity index (χ4v) is 3.69. The van der Waals surface area contributed by atoms with Gasteiger partial charge < -0.3 is 14.6 Å². The summed E-state index contributed by atoms with van der Waals surface area (Å²) in [6.07, 6.45) is 0. The maximum Gasteiger partial charge on any atom is 0.340 e. The molecule has 0 aliphatic heterocycles. The standard InChI is InChI=1S/C17H21ClN2O3S/c1-5-20(9-12-7-8-13(18)24-12)16(21)15-10(3)14(11(4)19-15)17(22)23-6-2/h7-8,19H,5-6,9H2,1-4H3. The predicted molar refractivity (Wildman–Crippen MR) is 96.0 cm³/mol. The number of carbonyl (C=O) groups excluding carboxylic acids is 2. The lowest BCUT2D eigenvalue weighted by Gasteiger charge is -2.20. The third-order valence-corrected chi connectivity index (χ3v) is 4.99. The molecule has 0 spiro atoms. The Kier molecular flexibility index (Phi) is 6.07. The van der Waals surface area contributed by atoms with Gasteiger partial charge in [0.1, 0.15) is 5.69 Å². The Morgan fingerprint density at radius 2 is 2.00 bits per heavy atom. The summed E-state index contributed by atoms with van der Waals surface area (Å²) in [4.78, 5) is 30.7. The van der Waals surface area contributed by atoms with Crippen LogP contribution in [0.4, 0.5) is 0 Å². The molecule has 0 bridgehead atoms. The highest BCUT2D eigenvalue weighted by atomic mass is 35.5. The molecule has 0 aliphatic carbocycles. The highest BCUT2D eigenvalue weighted by Crippen LogP contribution is 2.25. The van der Waals surface area contributed by atoms with E-state index < -0.39 is 5.97 Å². The van der Waals surface area contributed by atoms with Crippen LogP contribution in [0.3, 0.4) is 0 Å². The Morgan fingerprint density at radius 3 is 2.54 bits per heavy atom. The van der Waals surface area contributed by atoms with Gasteiger partial charge in [0.2, 0.25) is 0 Å². The van der Waals surface area contributed by atoms with E-state index in [9.17, 15) is 9.59 Å². The molecule has 0 atom stereocenters. The lowest BCUT2D eigenvalue weighted by atomic mass is 10.1. The molecule has 0 fully saturated rings. The molecule has 7 heteroatoms. The summed E-state index contributed by atoms with van der Waals surface area (Å²) in [5.41, 5.74) is 2.14. The number of thiophene rings is 1. The number of rotatable bonds is 6. The molecule has 5 nitrogen and oxygen atoms in total. The van der Waals surface area contributed by atoms with Crippen molar-refractivity contribution in [3.8, 4) is 0 Å². The molecule has 0 aliphatic rings. The molecule has 2 aromatic rings. The van der Waals surface area contributed by atoms with Gasteiger partial charge in [0.05, 0.1) is 23.1 Å². The van der Waals surface area contributed by atoms with E-state index in [1.54, 1.807) is 25.7 Å². The minimum atomic E-state index is -0.407. The molecule has 0 radical (unpaired) electrons. The van der Waals surface area contributed by atoms with Gasteiger partial charge >= 0.3 is 5.97 Å². The molecule has 0 saturated heterocycles. The van der Waals surface area contributed by atoms with E-state index in [0.29, 0.717) is 46.5 Å². The van der Waals surface area contributed by atoms with Gasteiger partial charge in [-0.3, -0.25) is 4.79 Å². The summed E-state index contributed by atoms with van der Waals surface area (Å²) >= 11 is 7.41. The predicted octanol–water partition coefficient (Wildman–Crippen LogP) is 4.19. The van der Waals surface area contributed by atoms with E-state index in [1.165, 1.54) is 11.3 Å². The van der Waals surface area contributed by atoms with Gasteiger partial charge in [-0.2, -0.15) is 0 Å². The second kappa shape index (κ2) is 7.85. The van der Waals surface area contributed by atoms with E-state index in [-0.39, 0.29) is 5.91 Å². The van der Waals surface area contributed by atoms with E-state index >= 15 is 0 Å².